The van der Waals surface area contributed by atoms with E-state index in [4.69, 9.17) is 13.0 Å². The van der Waals surface area contributed by atoms with E-state index in [0.29, 0.717) is 0 Å². The van der Waals surface area contributed by atoms with Crippen LogP contribution >= 0.6 is 0 Å². The predicted octanol–water partition coefficient (Wildman–Crippen LogP) is 3.10. The van der Waals surface area contributed by atoms with Gasteiger partial charge in [-0.05, 0) is 25.7 Å². The van der Waals surface area contributed by atoms with Crippen LogP contribution in [0.3, 0.4) is 0 Å². The van der Waals surface area contributed by atoms with Crippen molar-refractivity contribution >= 4 is 10.1 Å². The van der Waals surface area contributed by atoms with Crippen molar-refractivity contribution in [1.29, 1.82) is 0 Å². The predicted molar refractivity (Wildman–Crippen MR) is 87.7 cm³/mol. The standard InChI is InChI=1S/C15H31N.CHF3O3S/c1-3-4-5-6-7-8-9-12-16-13-10-11-15(2)14-16;2-1(3,4)8(5,6)7/h15H,3-14H2,1-2H3;(H,5,6,7). The molecule has 1 fully saturated rings. The average Bonchev–Trinajstić information content (AvgIpc) is 2.45. The number of alkyl halides is 3. The van der Waals surface area contributed by atoms with Gasteiger partial charge in [0.1, 0.15) is 0 Å². The lowest BCUT2D eigenvalue weighted by Gasteiger charge is -2.27. The Bertz CT molecular complexity index is 413. The third-order valence-corrected chi connectivity index (χ3v) is 4.85. The average molecular weight is 375 g/mol. The molecule has 2 atom stereocenters. The van der Waals surface area contributed by atoms with Gasteiger partial charge < -0.3 is 9.45 Å². The minimum atomic E-state index is -6.09. The zero-order valence-corrected chi connectivity index (χ0v) is 15.6. The summed E-state index contributed by atoms with van der Waals surface area (Å²) < 4.78 is 58.9. The summed E-state index contributed by atoms with van der Waals surface area (Å²) in [5.41, 5.74) is -5.65. The minimum absolute atomic E-state index is 0.980. The number of likely N-dealkylation sites (tertiary alicyclic amines) is 1. The SMILES string of the molecule is CCCCCCCCC[NH+]1CCCC(C)C1.O=S(=O)([O-])C(F)(F)F. The highest BCUT2D eigenvalue weighted by atomic mass is 32.2. The number of nitrogens with one attached hydrogen (secondary N) is 1. The molecule has 1 aliphatic rings. The van der Waals surface area contributed by atoms with Crippen LogP contribution in [0.15, 0.2) is 0 Å². The van der Waals surface area contributed by atoms with Gasteiger partial charge in [-0.2, -0.15) is 13.2 Å². The zero-order chi connectivity index (χ0) is 18.6. The van der Waals surface area contributed by atoms with Gasteiger partial charge >= 0.3 is 5.51 Å². The van der Waals surface area contributed by atoms with E-state index in [1.807, 2.05) is 4.90 Å². The highest BCUT2D eigenvalue weighted by Crippen LogP contribution is 2.20. The number of unbranched alkanes of at least 4 members (excludes halogenated alkanes) is 6. The normalized spacial score (nSPS) is 21.9. The lowest BCUT2D eigenvalue weighted by atomic mass is 10.00. The Morgan fingerprint density at radius 2 is 1.58 bits per heavy atom. The van der Waals surface area contributed by atoms with Gasteiger partial charge in [0.25, 0.3) is 0 Å². The first-order chi connectivity index (χ1) is 11.1. The molecule has 0 aromatic rings. The Morgan fingerprint density at radius 3 is 2.04 bits per heavy atom. The van der Waals surface area contributed by atoms with Gasteiger partial charge in [-0.15, -0.1) is 0 Å². The van der Waals surface area contributed by atoms with Gasteiger partial charge in [0.05, 0.1) is 19.6 Å². The molecule has 0 radical (unpaired) electrons. The van der Waals surface area contributed by atoms with Crippen molar-refractivity contribution in [3.8, 4) is 0 Å². The zero-order valence-electron chi connectivity index (χ0n) is 14.8. The molecule has 1 N–H and O–H groups in total. The third-order valence-electron chi connectivity index (χ3n) is 4.28. The van der Waals surface area contributed by atoms with Crippen LogP contribution in [-0.4, -0.2) is 38.1 Å². The van der Waals surface area contributed by atoms with Crippen molar-refractivity contribution in [2.24, 2.45) is 5.92 Å². The van der Waals surface area contributed by atoms with Crippen molar-refractivity contribution < 1.29 is 31.0 Å². The molecule has 24 heavy (non-hydrogen) atoms. The lowest BCUT2D eigenvalue weighted by Crippen LogP contribution is -3.13. The summed E-state index contributed by atoms with van der Waals surface area (Å²) in [5.74, 6) is 0.980. The summed E-state index contributed by atoms with van der Waals surface area (Å²) in [6.45, 7) is 9.04. The van der Waals surface area contributed by atoms with Crippen molar-refractivity contribution in [2.45, 2.75) is 77.1 Å². The molecular formula is C16H32F3NO3S. The van der Waals surface area contributed by atoms with E-state index in [0.717, 1.165) is 5.92 Å². The first-order valence-corrected chi connectivity index (χ1v) is 10.3. The Labute approximate surface area is 144 Å². The number of hydrogen-bond donors (Lipinski definition) is 1. The van der Waals surface area contributed by atoms with Crippen LogP contribution in [0, 0.1) is 5.92 Å². The highest BCUT2D eigenvalue weighted by Gasteiger charge is 2.36. The second-order valence-electron chi connectivity index (χ2n) is 6.72. The Hall–Kier alpha value is -0.340. The maximum atomic E-state index is 10.7. The fourth-order valence-electron chi connectivity index (χ4n) is 2.96. The lowest BCUT2D eigenvalue weighted by molar-refractivity contribution is -0.908. The largest absolute Gasteiger partial charge is 0.741 e. The topological polar surface area (TPSA) is 61.6 Å². The Kier molecular flexibility index (Phi) is 11.9. The van der Waals surface area contributed by atoms with Gasteiger partial charge in [0.15, 0.2) is 10.1 Å². The molecule has 0 bridgehead atoms. The fraction of sp³-hybridized carbons (Fsp3) is 1.00. The van der Waals surface area contributed by atoms with Crippen LogP contribution < -0.4 is 4.90 Å². The molecule has 0 aliphatic carbocycles. The molecule has 1 rings (SSSR count). The molecule has 1 aliphatic heterocycles. The van der Waals surface area contributed by atoms with Gasteiger partial charge in [-0.25, -0.2) is 8.42 Å². The summed E-state index contributed by atoms with van der Waals surface area (Å²) >= 11 is 0. The van der Waals surface area contributed by atoms with E-state index < -0.39 is 15.6 Å². The van der Waals surface area contributed by atoms with Crippen molar-refractivity contribution in [2.75, 3.05) is 19.6 Å². The van der Waals surface area contributed by atoms with Crippen LogP contribution in [0.25, 0.3) is 0 Å². The van der Waals surface area contributed by atoms with E-state index in [-0.39, 0.29) is 0 Å². The number of piperidine rings is 1. The number of halogens is 3. The first kappa shape index (κ1) is 23.7. The molecule has 0 amide bonds. The number of rotatable bonds is 8. The van der Waals surface area contributed by atoms with Crippen LogP contribution in [-0.2, 0) is 10.1 Å². The molecule has 8 heteroatoms. The smallest absolute Gasteiger partial charge is 0.485 e. The molecule has 0 saturated carbocycles. The summed E-state index contributed by atoms with van der Waals surface area (Å²) in [6.07, 6.45) is 13.1. The minimum Gasteiger partial charge on any atom is -0.741 e. The molecule has 0 aromatic carbocycles. The third kappa shape index (κ3) is 12.1. The van der Waals surface area contributed by atoms with Crippen molar-refractivity contribution in [3.05, 3.63) is 0 Å². The number of quaternary nitrogens is 1. The fourth-order valence-corrected chi connectivity index (χ4v) is 2.96. The maximum Gasteiger partial charge on any atom is 0.485 e. The van der Waals surface area contributed by atoms with Crippen LogP contribution in [0.1, 0.15) is 71.6 Å². The van der Waals surface area contributed by atoms with Gasteiger partial charge in [-0.1, -0.05) is 46.0 Å². The van der Waals surface area contributed by atoms with Crippen molar-refractivity contribution in [1.82, 2.24) is 0 Å². The number of hydrogen-bond acceptors (Lipinski definition) is 3. The molecular weight excluding hydrogens is 343 g/mol. The monoisotopic (exact) mass is 375 g/mol. The molecule has 1 saturated heterocycles. The second-order valence-corrected chi connectivity index (χ2v) is 8.09. The van der Waals surface area contributed by atoms with Crippen LogP contribution in [0.4, 0.5) is 13.2 Å². The maximum absolute atomic E-state index is 10.7. The van der Waals surface area contributed by atoms with E-state index in [9.17, 15) is 13.2 Å². The summed E-state index contributed by atoms with van der Waals surface area (Å²) in [4.78, 5) is 1.88. The molecule has 4 nitrogen and oxygen atoms in total. The highest BCUT2D eigenvalue weighted by molar-refractivity contribution is 7.86. The van der Waals surface area contributed by atoms with Crippen LogP contribution in [0.5, 0.6) is 0 Å². The quantitative estimate of drug-likeness (QED) is 0.403. The van der Waals surface area contributed by atoms with E-state index in [2.05, 4.69) is 13.8 Å². The summed E-state index contributed by atoms with van der Waals surface area (Å²) in [5, 5.41) is 0. The Balaban J connectivity index is 0.000000561. The molecule has 146 valence electrons. The molecule has 0 aromatic heterocycles. The van der Waals surface area contributed by atoms with E-state index in [1.54, 1.807) is 0 Å². The van der Waals surface area contributed by atoms with Crippen molar-refractivity contribution in [3.63, 3.8) is 0 Å². The van der Waals surface area contributed by atoms with Gasteiger partial charge in [0.2, 0.25) is 0 Å². The second kappa shape index (κ2) is 12.1. The summed E-state index contributed by atoms with van der Waals surface area (Å²) in [6, 6.07) is 0. The Morgan fingerprint density at radius 1 is 1.08 bits per heavy atom. The van der Waals surface area contributed by atoms with Gasteiger partial charge in [-0.3, -0.25) is 0 Å². The van der Waals surface area contributed by atoms with E-state index >= 15 is 0 Å². The van der Waals surface area contributed by atoms with E-state index in [1.165, 1.54) is 77.4 Å². The van der Waals surface area contributed by atoms with Crippen LogP contribution in [0.2, 0.25) is 0 Å². The first-order valence-electron chi connectivity index (χ1n) is 8.93. The molecule has 1 heterocycles. The summed E-state index contributed by atoms with van der Waals surface area (Å²) in [7, 11) is -6.09. The molecule has 2 unspecified atom stereocenters. The van der Waals surface area contributed by atoms with Gasteiger partial charge in [0, 0.05) is 5.92 Å². The molecule has 0 spiro atoms.